The number of benzene rings is 2. The normalized spacial score (nSPS) is 36.6. The van der Waals surface area contributed by atoms with Gasteiger partial charge < -0.3 is 53.6 Å². The largest absolute Gasteiger partial charge is 0.493 e. The first-order chi connectivity index (χ1) is 18.0. The van der Waals surface area contributed by atoms with Gasteiger partial charge in [0.2, 0.25) is 6.79 Å². The van der Waals surface area contributed by atoms with E-state index in [-0.39, 0.29) is 38.4 Å². The third kappa shape index (κ3) is 4.30. The third-order valence-electron chi connectivity index (χ3n) is 7.60. The molecule has 5 heterocycles. The fraction of sp³-hybridized carbons (Fsp3) is 0.538. The van der Waals surface area contributed by atoms with Crippen molar-refractivity contribution in [2.75, 3.05) is 33.7 Å². The molecule has 7 rings (SSSR count). The summed E-state index contributed by atoms with van der Waals surface area (Å²) in [6.07, 6.45) is -7.53. The molecular formula is C26H30O11. The van der Waals surface area contributed by atoms with E-state index in [2.05, 4.69) is 0 Å². The van der Waals surface area contributed by atoms with Crippen LogP contribution in [0.1, 0.15) is 23.3 Å². The average molecular weight is 519 g/mol. The van der Waals surface area contributed by atoms with Crippen molar-refractivity contribution in [3.05, 3.63) is 47.5 Å². The lowest BCUT2D eigenvalue weighted by atomic mass is 9.83. The Balaban J connectivity index is 1.38. The molecule has 0 spiro atoms. The Hall–Kier alpha value is -2.64. The van der Waals surface area contributed by atoms with Crippen molar-refractivity contribution in [3.63, 3.8) is 0 Å². The van der Waals surface area contributed by atoms with E-state index in [1.807, 2.05) is 30.3 Å². The summed E-state index contributed by atoms with van der Waals surface area (Å²) in [6, 6.07) is 11.0. The minimum absolute atomic E-state index is 0.0408. The van der Waals surface area contributed by atoms with E-state index in [0.717, 1.165) is 11.1 Å². The van der Waals surface area contributed by atoms with Crippen LogP contribution in [0, 0.1) is 11.8 Å². The van der Waals surface area contributed by atoms with Crippen molar-refractivity contribution >= 4 is 0 Å². The van der Waals surface area contributed by atoms with Gasteiger partial charge in [0.1, 0.15) is 31.0 Å². The molecule has 0 radical (unpaired) electrons. The van der Waals surface area contributed by atoms with E-state index in [1.54, 1.807) is 6.07 Å². The molecule has 0 aromatic heterocycles. The molecule has 5 aliphatic rings. The standard InChI is InChI=1S/C26H30O11/c1-31-18-6-12-2-4-16(18)32-10-20-21(28)22(29)23(30)26(36-20)33-9-15-14(8-27)24(37-25(12)15)13-3-5-17-19(7-13)35-11-34-17/h2-7,14-15,20-30H,8-11H2,1H3. The highest BCUT2D eigenvalue weighted by atomic mass is 16.7. The van der Waals surface area contributed by atoms with Crippen molar-refractivity contribution in [1.29, 1.82) is 0 Å². The summed E-state index contributed by atoms with van der Waals surface area (Å²) in [4.78, 5) is 0. The molecule has 2 fully saturated rings. The monoisotopic (exact) mass is 518 g/mol. The Bertz CT molecular complexity index is 1130. The van der Waals surface area contributed by atoms with Crippen LogP contribution in [0.25, 0.3) is 0 Å². The number of ether oxygens (including phenoxy) is 7. The maximum absolute atomic E-state index is 10.5. The van der Waals surface area contributed by atoms with Gasteiger partial charge in [0.05, 0.1) is 25.9 Å². The van der Waals surface area contributed by atoms with Crippen LogP contribution >= 0.6 is 0 Å². The summed E-state index contributed by atoms with van der Waals surface area (Å²) in [6.45, 7) is -0.110. The quantitative estimate of drug-likeness (QED) is 0.455. The van der Waals surface area contributed by atoms with Crippen LogP contribution < -0.4 is 18.9 Å². The minimum atomic E-state index is -1.49. The molecule has 0 aliphatic carbocycles. The highest BCUT2D eigenvalue weighted by molar-refractivity contribution is 5.46. The SMILES string of the molecule is COc1cc2ccc1OCC1OC(OCC3C2OC(c2ccc4c(c2)OCO4)C3CO)C(O)C(O)C1O. The van der Waals surface area contributed by atoms with E-state index in [1.165, 1.54) is 7.11 Å². The molecule has 0 saturated carbocycles. The molecule has 11 nitrogen and oxygen atoms in total. The summed E-state index contributed by atoms with van der Waals surface area (Å²) in [5.74, 6) is 1.37. The van der Waals surface area contributed by atoms with Gasteiger partial charge in [-0.3, -0.25) is 0 Å². The fourth-order valence-corrected chi connectivity index (χ4v) is 5.54. The molecule has 2 saturated heterocycles. The lowest BCUT2D eigenvalue weighted by Gasteiger charge is -2.40. The summed E-state index contributed by atoms with van der Waals surface area (Å²) in [5, 5.41) is 41.9. The second kappa shape index (κ2) is 9.91. The van der Waals surface area contributed by atoms with Crippen LogP contribution in [0.5, 0.6) is 23.0 Å². The zero-order valence-corrected chi connectivity index (χ0v) is 20.1. The zero-order chi connectivity index (χ0) is 25.7. The lowest BCUT2D eigenvalue weighted by Crippen LogP contribution is -2.59. The molecule has 37 heavy (non-hydrogen) atoms. The van der Waals surface area contributed by atoms with Gasteiger partial charge in [-0.25, -0.2) is 0 Å². The Morgan fingerprint density at radius 2 is 1.57 bits per heavy atom. The maximum Gasteiger partial charge on any atom is 0.231 e. The number of aliphatic hydroxyl groups is 4. The van der Waals surface area contributed by atoms with Crippen LogP contribution in [0.15, 0.2) is 36.4 Å². The Kier molecular flexibility index (Phi) is 6.61. The van der Waals surface area contributed by atoms with Gasteiger partial charge in [0.15, 0.2) is 29.3 Å². The summed E-state index contributed by atoms with van der Waals surface area (Å²) >= 11 is 0. The molecule has 2 aromatic carbocycles. The molecule has 9 atom stereocenters. The first-order valence-electron chi connectivity index (χ1n) is 12.3. The van der Waals surface area contributed by atoms with E-state index in [4.69, 9.17) is 33.2 Å². The molecular weight excluding hydrogens is 488 g/mol. The topological polar surface area (TPSA) is 146 Å². The highest BCUT2D eigenvalue weighted by Crippen LogP contribution is 2.51. The second-order valence-corrected chi connectivity index (χ2v) is 9.67. The first kappa shape index (κ1) is 24.7. The Labute approximate surface area is 213 Å². The second-order valence-electron chi connectivity index (χ2n) is 9.67. The zero-order valence-electron chi connectivity index (χ0n) is 20.1. The third-order valence-corrected chi connectivity index (χ3v) is 7.60. The highest BCUT2D eigenvalue weighted by Gasteiger charge is 2.49. The Morgan fingerprint density at radius 1 is 0.811 bits per heavy atom. The predicted octanol–water partition coefficient (Wildman–Crippen LogP) is 0.678. The van der Waals surface area contributed by atoms with Gasteiger partial charge in [0.25, 0.3) is 0 Å². The molecule has 0 amide bonds. The summed E-state index contributed by atoms with van der Waals surface area (Å²) in [5.41, 5.74) is 1.61. The van der Waals surface area contributed by atoms with Crippen LogP contribution in [-0.4, -0.2) is 84.9 Å². The van der Waals surface area contributed by atoms with Crippen LogP contribution in [0.3, 0.4) is 0 Å². The number of rotatable bonds is 3. The van der Waals surface area contributed by atoms with Crippen molar-refractivity contribution in [1.82, 2.24) is 0 Å². The predicted molar refractivity (Wildman–Crippen MR) is 124 cm³/mol. The number of aliphatic hydroxyl groups excluding tert-OH is 4. The molecule has 2 aromatic rings. The van der Waals surface area contributed by atoms with E-state index >= 15 is 0 Å². The van der Waals surface area contributed by atoms with Gasteiger partial charge in [-0.05, 0) is 35.4 Å². The lowest BCUT2D eigenvalue weighted by molar-refractivity contribution is -0.303. The van der Waals surface area contributed by atoms with Crippen LogP contribution in [0.4, 0.5) is 0 Å². The van der Waals surface area contributed by atoms with Crippen LogP contribution in [0.2, 0.25) is 0 Å². The van der Waals surface area contributed by atoms with Crippen molar-refractivity contribution in [2.45, 2.75) is 42.9 Å². The number of hydrogen-bond acceptors (Lipinski definition) is 11. The first-order valence-corrected chi connectivity index (χ1v) is 12.3. The van der Waals surface area contributed by atoms with E-state index in [9.17, 15) is 20.4 Å². The molecule has 4 bridgehead atoms. The van der Waals surface area contributed by atoms with Gasteiger partial charge in [-0.15, -0.1) is 0 Å². The molecule has 9 unspecified atom stereocenters. The molecule has 5 aliphatic heterocycles. The fourth-order valence-electron chi connectivity index (χ4n) is 5.54. The van der Waals surface area contributed by atoms with Gasteiger partial charge in [-0.1, -0.05) is 12.1 Å². The smallest absolute Gasteiger partial charge is 0.231 e. The Morgan fingerprint density at radius 3 is 2.35 bits per heavy atom. The molecule has 200 valence electrons. The maximum atomic E-state index is 10.5. The van der Waals surface area contributed by atoms with Gasteiger partial charge in [-0.2, -0.15) is 0 Å². The average Bonchev–Trinajstić information content (AvgIpc) is 3.54. The van der Waals surface area contributed by atoms with E-state index in [0.29, 0.717) is 23.0 Å². The number of hydrogen-bond donors (Lipinski definition) is 4. The van der Waals surface area contributed by atoms with Crippen molar-refractivity contribution < 1.29 is 53.6 Å². The van der Waals surface area contributed by atoms with Gasteiger partial charge >= 0.3 is 0 Å². The van der Waals surface area contributed by atoms with E-state index < -0.39 is 42.9 Å². The summed E-state index contributed by atoms with van der Waals surface area (Å²) in [7, 11) is 1.52. The van der Waals surface area contributed by atoms with Crippen LogP contribution in [-0.2, 0) is 14.2 Å². The summed E-state index contributed by atoms with van der Waals surface area (Å²) < 4.78 is 40.8. The number of methoxy groups -OCH3 is 1. The minimum Gasteiger partial charge on any atom is -0.493 e. The van der Waals surface area contributed by atoms with Crippen molar-refractivity contribution in [3.8, 4) is 23.0 Å². The molecule has 11 heteroatoms. The number of fused-ring (bicyclic) bond motifs is 5. The van der Waals surface area contributed by atoms with Crippen molar-refractivity contribution in [2.24, 2.45) is 11.8 Å². The molecule has 4 N–H and O–H groups in total. The van der Waals surface area contributed by atoms with Gasteiger partial charge in [0, 0.05) is 18.4 Å².